The third-order valence-electron chi connectivity index (χ3n) is 5.61. The number of carbonyl (C=O) groups excluding carboxylic acids is 1. The molecule has 0 saturated heterocycles. The van der Waals surface area contributed by atoms with Gasteiger partial charge in [-0.15, -0.1) is 10.2 Å². The number of benzene rings is 2. The van der Waals surface area contributed by atoms with E-state index in [1.807, 2.05) is 12.1 Å². The largest absolute Gasteiger partial charge is 0.467 e. The summed E-state index contributed by atoms with van der Waals surface area (Å²) in [5.74, 6) is 1.04. The number of thioether (sulfide) groups is 1. The lowest BCUT2D eigenvalue weighted by Gasteiger charge is -2.14. The molecule has 11 heteroatoms. The van der Waals surface area contributed by atoms with Crippen LogP contribution in [0.25, 0.3) is 17.1 Å². The lowest BCUT2D eigenvalue weighted by Crippen LogP contribution is -2.23. The van der Waals surface area contributed by atoms with Crippen molar-refractivity contribution in [2.24, 2.45) is 0 Å². The van der Waals surface area contributed by atoms with Crippen LogP contribution in [0.15, 0.2) is 101 Å². The number of nitrogens with zero attached hydrogens (tertiary/aromatic N) is 4. The van der Waals surface area contributed by atoms with Crippen LogP contribution in [-0.2, 0) is 18.5 Å². The Morgan fingerprint density at radius 2 is 1.87 bits per heavy atom. The summed E-state index contributed by atoms with van der Waals surface area (Å²) >= 11 is 1.26. The number of amides is 1. The van der Waals surface area contributed by atoms with E-state index in [1.54, 1.807) is 59.4 Å². The Kier molecular flexibility index (Phi) is 7.27. The first-order valence-corrected chi connectivity index (χ1v) is 12.4. The van der Waals surface area contributed by atoms with Crippen LogP contribution in [0.1, 0.15) is 27.2 Å². The van der Waals surface area contributed by atoms with Gasteiger partial charge in [0.15, 0.2) is 11.0 Å². The van der Waals surface area contributed by atoms with Gasteiger partial charge in [-0.25, -0.2) is 0 Å². The van der Waals surface area contributed by atoms with E-state index in [4.69, 9.17) is 4.42 Å². The van der Waals surface area contributed by atoms with E-state index in [9.17, 15) is 18.0 Å². The Labute approximate surface area is 219 Å². The van der Waals surface area contributed by atoms with Gasteiger partial charge in [0.05, 0.1) is 24.1 Å². The molecule has 0 aliphatic carbocycles. The Balaban J connectivity index is 1.45. The van der Waals surface area contributed by atoms with Gasteiger partial charge in [-0.05, 0) is 54.1 Å². The number of pyridine rings is 1. The highest BCUT2D eigenvalue weighted by Crippen LogP contribution is 2.34. The van der Waals surface area contributed by atoms with Gasteiger partial charge in [-0.3, -0.25) is 14.3 Å². The van der Waals surface area contributed by atoms with Crippen molar-refractivity contribution in [3.8, 4) is 17.1 Å². The van der Waals surface area contributed by atoms with E-state index < -0.39 is 11.7 Å². The highest BCUT2D eigenvalue weighted by Gasteiger charge is 2.31. The molecule has 5 rings (SSSR count). The van der Waals surface area contributed by atoms with E-state index >= 15 is 0 Å². The average Bonchev–Trinajstić information content (AvgIpc) is 3.61. The minimum Gasteiger partial charge on any atom is -0.467 e. The summed E-state index contributed by atoms with van der Waals surface area (Å²) in [4.78, 5) is 17.0. The lowest BCUT2D eigenvalue weighted by molar-refractivity contribution is -0.137. The van der Waals surface area contributed by atoms with Crippen LogP contribution in [0.5, 0.6) is 0 Å². The van der Waals surface area contributed by atoms with Gasteiger partial charge in [0.25, 0.3) is 5.91 Å². The summed E-state index contributed by atoms with van der Waals surface area (Å²) < 4.78 is 47.3. The van der Waals surface area contributed by atoms with Crippen molar-refractivity contribution in [2.45, 2.75) is 23.6 Å². The van der Waals surface area contributed by atoms with Crippen LogP contribution in [0, 0.1) is 0 Å². The third-order valence-corrected chi connectivity index (χ3v) is 6.58. The number of halogens is 3. The second-order valence-electron chi connectivity index (χ2n) is 8.14. The van der Waals surface area contributed by atoms with E-state index in [2.05, 4.69) is 20.5 Å². The fourth-order valence-electron chi connectivity index (χ4n) is 3.79. The molecule has 0 aliphatic rings. The Morgan fingerprint density at radius 3 is 2.63 bits per heavy atom. The number of hydrogen-bond acceptors (Lipinski definition) is 6. The molecule has 0 atom stereocenters. The molecule has 0 bridgehead atoms. The van der Waals surface area contributed by atoms with Crippen molar-refractivity contribution in [3.63, 3.8) is 0 Å². The molecule has 3 heterocycles. The monoisotopic (exact) mass is 535 g/mol. The zero-order valence-corrected chi connectivity index (χ0v) is 20.5. The minimum absolute atomic E-state index is 0.242. The molecule has 7 nitrogen and oxygen atoms in total. The Hall–Kier alpha value is -4.38. The van der Waals surface area contributed by atoms with Crippen molar-refractivity contribution < 1.29 is 22.4 Å². The normalized spacial score (nSPS) is 11.4. The summed E-state index contributed by atoms with van der Waals surface area (Å²) in [7, 11) is 0. The van der Waals surface area contributed by atoms with Crippen molar-refractivity contribution in [3.05, 3.63) is 114 Å². The Bertz CT molecular complexity index is 1540. The zero-order chi connectivity index (χ0) is 26.5. The molecule has 5 aromatic rings. The van der Waals surface area contributed by atoms with Crippen LogP contribution < -0.4 is 5.32 Å². The summed E-state index contributed by atoms with van der Waals surface area (Å²) in [6, 6.07) is 19.1. The second kappa shape index (κ2) is 10.9. The minimum atomic E-state index is -4.51. The van der Waals surface area contributed by atoms with Gasteiger partial charge < -0.3 is 9.73 Å². The maximum absolute atomic E-state index is 13.5. The molecule has 3 aromatic heterocycles. The van der Waals surface area contributed by atoms with Crippen molar-refractivity contribution in [2.75, 3.05) is 0 Å². The third kappa shape index (κ3) is 5.62. The maximum atomic E-state index is 13.5. The lowest BCUT2D eigenvalue weighted by atomic mass is 10.1. The SMILES string of the molecule is O=C(NCc1ccco1)c1ccccc1CSc1nnc(-c2cccnc2)n1-c1cccc(C(F)(F)F)c1. The molecular formula is C27H20F3N5O2S. The standard InChI is InChI=1S/C27H20F3N5O2S/c28-27(29,30)20-8-3-9-21(14-20)35-24(18-7-4-12-31-15-18)33-34-26(35)38-17-19-6-1-2-11-23(19)25(36)32-16-22-10-5-13-37-22/h1-15H,16-17H2,(H,32,36). The maximum Gasteiger partial charge on any atom is 0.416 e. The van der Waals surface area contributed by atoms with Gasteiger partial charge in [-0.1, -0.05) is 36.0 Å². The van der Waals surface area contributed by atoms with Crippen molar-refractivity contribution >= 4 is 17.7 Å². The molecule has 1 N–H and O–H groups in total. The van der Waals surface area contributed by atoms with Crippen molar-refractivity contribution in [1.82, 2.24) is 25.1 Å². The Morgan fingerprint density at radius 1 is 1.00 bits per heavy atom. The molecule has 0 radical (unpaired) electrons. The van der Waals surface area contributed by atoms with Gasteiger partial charge in [0.1, 0.15) is 5.76 Å². The second-order valence-corrected chi connectivity index (χ2v) is 9.08. The summed E-state index contributed by atoms with van der Waals surface area (Å²) in [6.45, 7) is 0.242. The number of aromatic nitrogens is 4. The number of nitrogens with one attached hydrogen (secondary N) is 1. The molecular weight excluding hydrogens is 515 g/mol. The number of alkyl halides is 3. The van der Waals surface area contributed by atoms with Crippen LogP contribution >= 0.6 is 11.8 Å². The molecule has 0 unspecified atom stereocenters. The number of hydrogen-bond donors (Lipinski definition) is 1. The van der Waals surface area contributed by atoms with Crippen molar-refractivity contribution in [1.29, 1.82) is 0 Å². The number of rotatable bonds is 8. The molecule has 192 valence electrons. The van der Waals surface area contributed by atoms with E-state index in [1.165, 1.54) is 24.1 Å². The fourth-order valence-corrected chi connectivity index (χ4v) is 4.74. The molecule has 0 aliphatic heterocycles. The van der Waals surface area contributed by atoms with E-state index in [-0.39, 0.29) is 18.1 Å². The predicted octanol–water partition coefficient (Wildman–Crippen LogP) is 6.16. The molecule has 0 fully saturated rings. The van der Waals surface area contributed by atoms with Crippen LogP contribution in [0.2, 0.25) is 0 Å². The molecule has 0 spiro atoms. The summed E-state index contributed by atoms with van der Waals surface area (Å²) in [6.07, 6.45) is 0.194. The van der Waals surface area contributed by atoms with E-state index in [0.29, 0.717) is 33.6 Å². The van der Waals surface area contributed by atoms with Gasteiger partial charge in [0.2, 0.25) is 0 Å². The highest BCUT2D eigenvalue weighted by molar-refractivity contribution is 7.98. The molecule has 2 aromatic carbocycles. The zero-order valence-electron chi connectivity index (χ0n) is 19.7. The smallest absolute Gasteiger partial charge is 0.416 e. The highest BCUT2D eigenvalue weighted by atomic mass is 32.2. The average molecular weight is 536 g/mol. The predicted molar refractivity (Wildman–Crippen MR) is 135 cm³/mol. The molecule has 0 saturated carbocycles. The topological polar surface area (TPSA) is 85.8 Å². The van der Waals surface area contributed by atoms with Gasteiger partial charge in [0, 0.05) is 29.3 Å². The summed E-state index contributed by atoms with van der Waals surface area (Å²) in [5, 5.41) is 11.7. The van der Waals surface area contributed by atoms with Gasteiger partial charge >= 0.3 is 6.18 Å². The van der Waals surface area contributed by atoms with Crippen LogP contribution in [-0.4, -0.2) is 25.7 Å². The molecule has 1 amide bonds. The number of carbonyl (C=O) groups is 1. The first-order valence-electron chi connectivity index (χ1n) is 11.4. The van der Waals surface area contributed by atoms with Crippen LogP contribution in [0.3, 0.4) is 0 Å². The number of furan rings is 1. The van der Waals surface area contributed by atoms with Gasteiger partial charge in [-0.2, -0.15) is 13.2 Å². The first-order chi connectivity index (χ1) is 18.4. The van der Waals surface area contributed by atoms with E-state index in [0.717, 1.165) is 17.7 Å². The quantitative estimate of drug-likeness (QED) is 0.240. The molecule has 38 heavy (non-hydrogen) atoms. The van der Waals surface area contributed by atoms with Crippen LogP contribution in [0.4, 0.5) is 13.2 Å². The first kappa shape index (κ1) is 25.3. The summed E-state index contributed by atoms with van der Waals surface area (Å²) in [5.41, 5.74) is 1.29. The fraction of sp³-hybridized carbons (Fsp3) is 0.111.